The minimum absolute atomic E-state index is 0.00837. The van der Waals surface area contributed by atoms with Gasteiger partial charge in [-0.3, -0.25) is 23.6 Å². The van der Waals surface area contributed by atoms with Crippen LogP contribution in [0.15, 0.2) is 41.6 Å². The number of rotatable bonds is 4. The zero-order valence-electron chi connectivity index (χ0n) is 17.9. The average molecular weight is 435 g/mol. The molecule has 1 fully saturated rings. The summed E-state index contributed by atoms with van der Waals surface area (Å²) >= 11 is 0. The second-order valence-corrected chi connectivity index (χ2v) is 8.37. The van der Waals surface area contributed by atoms with Crippen LogP contribution in [0.1, 0.15) is 35.3 Å². The molecule has 9 nitrogen and oxygen atoms in total. The predicted octanol–water partition coefficient (Wildman–Crippen LogP) is 1.30. The van der Waals surface area contributed by atoms with Gasteiger partial charge in [0.25, 0.3) is 11.5 Å². The molecule has 0 N–H and O–H groups in total. The molecule has 0 unspecified atom stereocenters. The number of hydrogen-bond donors (Lipinski definition) is 0. The van der Waals surface area contributed by atoms with Crippen LogP contribution in [0.3, 0.4) is 0 Å². The molecular formula is C23H26N6O3. The van der Waals surface area contributed by atoms with E-state index in [0.717, 1.165) is 31.5 Å². The van der Waals surface area contributed by atoms with Crippen LogP contribution in [-0.2, 0) is 24.3 Å². The van der Waals surface area contributed by atoms with E-state index in [2.05, 4.69) is 10.1 Å². The Bertz CT molecular complexity index is 1220. The molecule has 0 aliphatic carbocycles. The number of amides is 2. The minimum atomic E-state index is -0.136. The van der Waals surface area contributed by atoms with Gasteiger partial charge in [-0.1, -0.05) is 12.1 Å². The highest BCUT2D eigenvalue weighted by atomic mass is 16.2. The van der Waals surface area contributed by atoms with Crippen LogP contribution in [0, 0.1) is 0 Å². The number of para-hydroxylation sites is 1. The number of benzene rings is 1. The van der Waals surface area contributed by atoms with Crippen LogP contribution in [0.25, 0.3) is 10.9 Å². The third-order valence-corrected chi connectivity index (χ3v) is 6.43. The zero-order chi connectivity index (χ0) is 22.1. The highest BCUT2D eigenvalue weighted by molar-refractivity contribution is 5.95. The summed E-state index contributed by atoms with van der Waals surface area (Å²) in [5, 5.41) is 4.92. The summed E-state index contributed by atoms with van der Waals surface area (Å²) in [6.07, 6.45) is 6.50. The number of fused-ring (bicyclic) bond motifs is 2. The lowest BCUT2D eigenvalue weighted by Gasteiger charge is -2.35. The van der Waals surface area contributed by atoms with Crippen molar-refractivity contribution >= 4 is 22.7 Å². The highest BCUT2D eigenvalue weighted by Crippen LogP contribution is 2.20. The van der Waals surface area contributed by atoms with E-state index in [1.54, 1.807) is 23.2 Å². The summed E-state index contributed by atoms with van der Waals surface area (Å²) in [6, 6.07) is 7.20. The molecule has 2 aromatic heterocycles. The third kappa shape index (κ3) is 3.79. The Hall–Kier alpha value is -3.49. The van der Waals surface area contributed by atoms with Gasteiger partial charge < -0.3 is 9.80 Å². The van der Waals surface area contributed by atoms with Gasteiger partial charge in [-0.25, -0.2) is 4.98 Å². The Balaban J connectivity index is 1.17. The first-order valence-electron chi connectivity index (χ1n) is 11.2. The number of aryl methyl sites for hydroxylation is 2. The summed E-state index contributed by atoms with van der Waals surface area (Å²) < 4.78 is 3.43. The fraction of sp³-hybridized carbons (Fsp3) is 0.435. The first-order chi connectivity index (χ1) is 15.6. The van der Waals surface area contributed by atoms with Crippen LogP contribution in [0.5, 0.6) is 0 Å². The lowest BCUT2D eigenvalue weighted by atomic mass is 10.1. The molecule has 32 heavy (non-hydrogen) atoms. The lowest BCUT2D eigenvalue weighted by molar-refractivity contribution is -0.132. The van der Waals surface area contributed by atoms with Gasteiger partial charge in [-0.2, -0.15) is 5.10 Å². The van der Waals surface area contributed by atoms with E-state index in [4.69, 9.17) is 0 Å². The summed E-state index contributed by atoms with van der Waals surface area (Å²) in [4.78, 5) is 46.2. The molecule has 1 saturated heterocycles. The van der Waals surface area contributed by atoms with Gasteiger partial charge in [0.05, 0.1) is 34.7 Å². The minimum Gasteiger partial charge on any atom is -0.339 e. The number of piperazine rings is 1. The smallest absolute Gasteiger partial charge is 0.261 e. The molecule has 1 aromatic carbocycles. The Morgan fingerprint density at radius 2 is 1.75 bits per heavy atom. The van der Waals surface area contributed by atoms with Crippen molar-refractivity contribution in [3.63, 3.8) is 0 Å². The quantitative estimate of drug-likeness (QED) is 0.617. The van der Waals surface area contributed by atoms with Crippen molar-refractivity contribution in [3.8, 4) is 0 Å². The molecule has 166 valence electrons. The number of hydrogen-bond acceptors (Lipinski definition) is 5. The predicted molar refractivity (Wildman–Crippen MR) is 118 cm³/mol. The maximum atomic E-state index is 13.0. The highest BCUT2D eigenvalue weighted by Gasteiger charge is 2.28. The SMILES string of the molecule is O=C(CCn1cnc2ccccc2c1=O)N1CCN(C(=O)c2cnn3c2CCCC3)CC1. The molecule has 5 rings (SSSR count). The van der Waals surface area contributed by atoms with E-state index in [1.807, 2.05) is 21.7 Å². The summed E-state index contributed by atoms with van der Waals surface area (Å²) in [5.41, 5.74) is 2.26. The zero-order valence-corrected chi connectivity index (χ0v) is 17.9. The molecular weight excluding hydrogens is 408 g/mol. The topological polar surface area (TPSA) is 93.3 Å². The normalized spacial score (nSPS) is 16.2. The van der Waals surface area contributed by atoms with E-state index in [-0.39, 0.29) is 30.3 Å². The second-order valence-electron chi connectivity index (χ2n) is 8.37. The summed E-state index contributed by atoms with van der Waals surface area (Å²) in [7, 11) is 0. The van der Waals surface area contributed by atoms with Gasteiger partial charge >= 0.3 is 0 Å². The number of carbonyl (C=O) groups is 2. The Kier molecular flexibility index (Phi) is 5.46. The maximum Gasteiger partial charge on any atom is 0.261 e. The molecule has 0 saturated carbocycles. The van der Waals surface area contributed by atoms with Crippen molar-refractivity contribution in [2.45, 2.75) is 38.8 Å². The molecule has 2 aliphatic heterocycles. The van der Waals surface area contributed by atoms with Crippen molar-refractivity contribution in [2.24, 2.45) is 0 Å². The first kappa shape index (κ1) is 20.4. The molecule has 0 atom stereocenters. The largest absolute Gasteiger partial charge is 0.339 e. The summed E-state index contributed by atoms with van der Waals surface area (Å²) in [5.74, 6) is -0.00545. The van der Waals surface area contributed by atoms with Gasteiger partial charge in [0.2, 0.25) is 5.91 Å². The van der Waals surface area contributed by atoms with E-state index in [0.29, 0.717) is 42.6 Å². The number of nitrogens with zero attached hydrogens (tertiary/aromatic N) is 6. The molecule has 3 aromatic rings. The van der Waals surface area contributed by atoms with Crippen molar-refractivity contribution < 1.29 is 9.59 Å². The third-order valence-electron chi connectivity index (χ3n) is 6.43. The summed E-state index contributed by atoms with van der Waals surface area (Å²) in [6.45, 7) is 3.18. The van der Waals surface area contributed by atoms with Gasteiger partial charge in [0, 0.05) is 45.7 Å². The van der Waals surface area contributed by atoms with Crippen molar-refractivity contribution in [1.29, 1.82) is 0 Å². The Morgan fingerprint density at radius 1 is 0.969 bits per heavy atom. The molecule has 0 radical (unpaired) electrons. The standard InChI is InChI=1S/C23H26N6O3/c30-21(8-10-28-16-24-19-6-2-1-5-17(19)22(28)31)26-11-13-27(14-12-26)23(32)18-15-25-29-9-4-3-7-20(18)29/h1-2,5-6,15-16H,3-4,7-14H2. The van der Waals surface area contributed by atoms with E-state index in [1.165, 1.54) is 10.9 Å². The van der Waals surface area contributed by atoms with Crippen molar-refractivity contribution in [3.05, 3.63) is 58.4 Å². The Morgan fingerprint density at radius 3 is 2.59 bits per heavy atom. The average Bonchev–Trinajstić information content (AvgIpc) is 3.27. The molecule has 0 bridgehead atoms. The number of aromatic nitrogens is 4. The first-order valence-corrected chi connectivity index (χ1v) is 11.2. The van der Waals surface area contributed by atoms with Crippen LogP contribution >= 0.6 is 0 Å². The van der Waals surface area contributed by atoms with Crippen molar-refractivity contribution in [1.82, 2.24) is 29.1 Å². The van der Waals surface area contributed by atoms with Gasteiger partial charge in [0.15, 0.2) is 0 Å². The lowest BCUT2D eigenvalue weighted by Crippen LogP contribution is -2.50. The second kappa shape index (κ2) is 8.57. The van der Waals surface area contributed by atoms with Crippen LogP contribution in [-0.4, -0.2) is 67.1 Å². The van der Waals surface area contributed by atoms with Gasteiger partial charge in [0.1, 0.15) is 0 Å². The van der Waals surface area contributed by atoms with Crippen LogP contribution in [0.2, 0.25) is 0 Å². The molecule has 2 amide bonds. The van der Waals surface area contributed by atoms with Crippen LogP contribution in [0.4, 0.5) is 0 Å². The maximum absolute atomic E-state index is 13.0. The molecule has 4 heterocycles. The fourth-order valence-electron chi connectivity index (χ4n) is 4.57. The molecule has 9 heteroatoms. The molecule has 0 spiro atoms. The fourth-order valence-corrected chi connectivity index (χ4v) is 4.57. The Labute approximate surface area is 185 Å². The van der Waals surface area contributed by atoms with E-state index < -0.39 is 0 Å². The van der Waals surface area contributed by atoms with E-state index in [9.17, 15) is 14.4 Å². The monoisotopic (exact) mass is 434 g/mol. The van der Waals surface area contributed by atoms with Gasteiger partial charge in [-0.05, 0) is 31.4 Å². The van der Waals surface area contributed by atoms with E-state index >= 15 is 0 Å². The van der Waals surface area contributed by atoms with Crippen LogP contribution < -0.4 is 5.56 Å². The number of carbonyl (C=O) groups excluding carboxylic acids is 2. The van der Waals surface area contributed by atoms with Crippen molar-refractivity contribution in [2.75, 3.05) is 26.2 Å². The van der Waals surface area contributed by atoms with Gasteiger partial charge in [-0.15, -0.1) is 0 Å². The molecule has 2 aliphatic rings.